The van der Waals surface area contributed by atoms with Crippen LogP contribution in [0.25, 0.3) is 11.0 Å². The summed E-state index contributed by atoms with van der Waals surface area (Å²) in [4.78, 5) is 24.0. The van der Waals surface area contributed by atoms with Crippen molar-refractivity contribution in [1.82, 2.24) is 14.9 Å². The van der Waals surface area contributed by atoms with Crippen LogP contribution in [-0.2, 0) is 12.0 Å². The molecule has 0 saturated carbocycles. The second kappa shape index (κ2) is 10.5. The van der Waals surface area contributed by atoms with E-state index >= 15 is 0 Å². The van der Waals surface area contributed by atoms with Crippen LogP contribution in [-0.4, -0.2) is 41.0 Å². The fourth-order valence-electron chi connectivity index (χ4n) is 5.28. The van der Waals surface area contributed by atoms with Gasteiger partial charge >= 0.3 is 0 Å². The molecule has 2 heterocycles. The molecule has 0 atom stereocenters. The minimum absolute atomic E-state index is 0.00652. The fraction of sp³-hybridized carbons (Fsp3) is 0.355. The van der Waals surface area contributed by atoms with E-state index in [1.807, 2.05) is 41.3 Å². The van der Waals surface area contributed by atoms with Gasteiger partial charge in [0, 0.05) is 30.1 Å². The summed E-state index contributed by atoms with van der Waals surface area (Å²) < 4.78 is 25.5. The second-order valence-electron chi connectivity index (χ2n) is 10.9. The average Bonchev–Trinajstić information content (AvgIpc) is 3.35. The van der Waals surface area contributed by atoms with Crippen LogP contribution < -0.4 is 9.47 Å². The predicted molar refractivity (Wildman–Crippen MR) is 146 cm³/mol. The van der Waals surface area contributed by atoms with E-state index in [9.17, 15) is 9.18 Å². The Labute approximate surface area is 222 Å². The molecule has 0 aliphatic carbocycles. The monoisotopic (exact) mass is 515 g/mol. The number of piperidine rings is 1. The molecule has 1 fully saturated rings. The van der Waals surface area contributed by atoms with Crippen LogP contribution in [0, 0.1) is 5.82 Å². The van der Waals surface area contributed by atoms with Gasteiger partial charge in [-0.1, -0.05) is 45.0 Å². The standard InChI is InChI=1S/C31H34FN3O3/c1-31(2,3)27-23(12-13-26(28(27)37-4)38-19-20-8-7-9-22(32)18-20)30(36)35-16-14-21(15-17-35)29-33-24-10-5-6-11-25(24)34-29/h5-13,18,21H,14-17,19H2,1-4H3,(H,33,34). The van der Waals surface area contributed by atoms with Gasteiger partial charge in [0.05, 0.1) is 18.1 Å². The molecule has 0 bridgehead atoms. The van der Waals surface area contributed by atoms with Crippen molar-refractivity contribution >= 4 is 16.9 Å². The summed E-state index contributed by atoms with van der Waals surface area (Å²) in [5.41, 5.74) is 3.79. The average molecular weight is 516 g/mol. The summed E-state index contributed by atoms with van der Waals surface area (Å²) in [5.74, 6) is 2.04. The molecule has 7 heteroatoms. The van der Waals surface area contributed by atoms with E-state index in [1.165, 1.54) is 12.1 Å². The zero-order valence-electron chi connectivity index (χ0n) is 22.4. The van der Waals surface area contributed by atoms with E-state index in [-0.39, 0.29) is 23.7 Å². The van der Waals surface area contributed by atoms with Crippen LogP contribution >= 0.6 is 0 Å². The van der Waals surface area contributed by atoms with Gasteiger partial charge in [-0.2, -0.15) is 0 Å². The number of carbonyl (C=O) groups is 1. The molecular weight excluding hydrogens is 481 g/mol. The molecule has 1 aliphatic heterocycles. The number of rotatable bonds is 6. The Morgan fingerprint density at radius 2 is 1.84 bits per heavy atom. The van der Waals surface area contributed by atoms with Crippen molar-refractivity contribution in [1.29, 1.82) is 0 Å². The maximum absolute atomic E-state index is 13.8. The number of hydrogen-bond donors (Lipinski definition) is 1. The van der Waals surface area contributed by atoms with E-state index in [0.717, 1.165) is 40.8 Å². The molecule has 1 amide bonds. The molecule has 0 spiro atoms. The number of likely N-dealkylation sites (tertiary alicyclic amines) is 1. The van der Waals surface area contributed by atoms with Crippen LogP contribution in [0.3, 0.4) is 0 Å². The third-order valence-electron chi connectivity index (χ3n) is 7.17. The lowest BCUT2D eigenvalue weighted by Gasteiger charge is -2.33. The van der Waals surface area contributed by atoms with Gasteiger partial charge in [0.25, 0.3) is 5.91 Å². The molecule has 198 valence electrons. The number of nitrogens with zero attached hydrogens (tertiary/aromatic N) is 2. The number of nitrogens with one attached hydrogen (secondary N) is 1. The molecule has 1 saturated heterocycles. The number of aromatic amines is 1. The highest BCUT2D eigenvalue weighted by atomic mass is 19.1. The molecule has 3 aromatic carbocycles. The summed E-state index contributed by atoms with van der Waals surface area (Å²) in [6, 6.07) is 18.0. The summed E-state index contributed by atoms with van der Waals surface area (Å²) in [7, 11) is 1.59. The number of aromatic nitrogens is 2. The number of H-pyrrole nitrogens is 1. The van der Waals surface area contributed by atoms with Gasteiger partial charge in [-0.25, -0.2) is 9.37 Å². The number of fused-ring (bicyclic) bond motifs is 1. The Balaban J connectivity index is 1.35. The first-order valence-corrected chi connectivity index (χ1v) is 13.1. The predicted octanol–water partition coefficient (Wildman–Crippen LogP) is 6.61. The van der Waals surface area contributed by atoms with Gasteiger partial charge in [0.15, 0.2) is 11.5 Å². The fourth-order valence-corrected chi connectivity index (χ4v) is 5.28. The topological polar surface area (TPSA) is 67.5 Å². The summed E-state index contributed by atoms with van der Waals surface area (Å²) >= 11 is 0. The number of ether oxygens (including phenoxy) is 2. The van der Waals surface area contributed by atoms with Crippen LogP contribution in [0.4, 0.5) is 4.39 Å². The smallest absolute Gasteiger partial charge is 0.254 e. The van der Waals surface area contributed by atoms with Crippen molar-refractivity contribution < 1.29 is 18.7 Å². The van der Waals surface area contributed by atoms with Crippen LogP contribution in [0.2, 0.25) is 0 Å². The summed E-state index contributed by atoms with van der Waals surface area (Å²) in [6.45, 7) is 7.69. The van der Waals surface area contributed by atoms with Crippen LogP contribution in [0.15, 0.2) is 60.7 Å². The SMILES string of the molecule is COc1c(OCc2cccc(F)c2)ccc(C(=O)N2CCC(c3nc4ccccc4[nH]3)CC2)c1C(C)(C)C. The molecule has 1 aromatic heterocycles. The minimum Gasteiger partial charge on any atom is -0.493 e. The Morgan fingerprint density at radius 3 is 2.53 bits per heavy atom. The largest absolute Gasteiger partial charge is 0.493 e. The molecular formula is C31H34FN3O3. The summed E-state index contributed by atoms with van der Waals surface area (Å²) in [5, 5.41) is 0. The number of imidazole rings is 1. The lowest BCUT2D eigenvalue weighted by Crippen LogP contribution is -2.39. The third-order valence-corrected chi connectivity index (χ3v) is 7.17. The Bertz CT molecular complexity index is 1420. The molecule has 1 N–H and O–H groups in total. The van der Waals surface area contributed by atoms with Crippen molar-refractivity contribution in [3.63, 3.8) is 0 Å². The van der Waals surface area contributed by atoms with Crippen molar-refractivity contribution in [3.05, 3.63) is 89.0 Å². The van der Waals surface area contributed by atoms with E-state index in [0.29, 0.717) is 36.1 Å². The highest BCUT2D eigenvalue weighted by Gasteiger charge is 2.33. The van der Waals surface area contributed by atoms with Crippen LogP contribution in [0.1, 0.15) is 66.8 Å². The highest BCUT2D eigenvalue weighted by molar-refractivity contribution is 5.97. The summed E-state index contributed by atoms with van der Waals surface area (Å²) in [6.07, 6.45) is 1.70. The van der Waals surface area contributed by atoms with E-state index in [2.05, 4.69) is 25.8 Å². The van der Waals surface area contributed by atoms with Crippen molar-refractivity contribution in [2.75, 3.05) is 20.2 Å². The maximum atomic E-state index is 13.8. The number of benzene rings is 3. The zero-order chi connectivity index (χ0) is 26.9. The Hall–Kier alpha value is -3.87. The first kappa shape index (κ1) is 25.8. The maximum Gasteiger partial charge on any atom is 0.254 e. The quantitative estimate of drug-likeness (QED) is 0.314. The van der Waals surface area contributed by atoms with Gasteiger partial charge < -0.3 is 19.4 Å². The third kappa shape index (κ3) is 5.23. The lowest BCUT2D eigenvalue weighted by molar-refractivity contribution is 0.0708. The van der Waals surface area contributed by atoms with E-state index in [4.69, 9.17) is 14.5 Å². The van der Waals surface area contributed by atoms with E-state index in [1.54, 1.807) is 19.2 Å². The molecule has 4 aromatic rings. The number of amides is 1. The second-order valence-corrected chi connectivity index (χ2v) is 10.9. The van der Waals surface area contributed by atoms with Gasteiger partial charge in [0.2, 0.25) is 0 Å². The van der Waals surface area contributed by atoms with Crippen molar-refractivity contribution in [2.45, 2.75) is 51.6 Å². The normalized spacial score (nSPS) is 14.6. The van der Waals surface area contributed by atoms with Crippen molar-refractivity contribution in [2.24, 2.45) is 0 Å². The Morgan fingerprint density at radius 1 is 1.08 bits per heavy atom. The molecule has 38 heavy (non-hydrogen) atoms. The first-order valence-electron chi connectivity index (χ1n) is 13.1. The molecule has 1 aliphatic rings. The van der Waals surface area contributed by atoms with Gasteiger partial charge in [-0.3, -0.25) is 4.79 Å². The van der Waals surface area contributed by atoms with Gasteiger partial charge in [0.1, 0.15) is 18.2 Å². The highest BCUT2D eigenvalue weighted by Crippen LogP contribution is 2.42. The molecule has 0 radical (unpaired) electrons. The molecule has 0 unspecified atom stereocenters. The minimum atomic E-state index is -0.374. The number of hydrogen-bond acceptors (Lipinski definition) is 4. The van der Waals surface area contributed by atoms with Gasteiger partial charge in [-0.15, -0.1) is 0 Å². The van der Waals surface area contributed by atoms with Gasteiger partial charge in [-0.05, 0) is 60.2 Å². The van der Waals surface area contributed by atoms with Crippen LogP contribution in [0.5, 0.6) is 11.5 Å². The van der Waals surface area contributed by atoms with Crippen molar-refractivity contribution in [3.8, 4) is 11.5 Å². The molecule has 6 nitrogen and oxygen atoms in total. The lowest BCUT2D eigenvalue weighted by atomic mass is 9.82. The number of para-hydroxylation sites is 2. The number of halogens is 1. The van der Waals surface area contributed by atoms with E-state index < -0.39 is 0 Å². The number of methoxy groups -OCH3 is 1. The Kier molecular flexibility index (Phi) is 7.11. The number of carbonyl (C=O) groups excluding carboxylic acids is 1. The first-order chi connectivity index (χ1) is 18.2. The molecule has 5 rings (SSSR count). The zero-order valence-corrected chi connectivity index (χ0v) is 22.4.